The highest BCUT2D eigenvalue weighted by atomic mass is 32.1. The van der Waals surface area contributed by atoms with Gasteiger partial charge in [-0.05, 0) is 45.9 Å². The molecule has 0 aliphatic carbocycles. The van der Waals surface area contributed by atoms with Gasteiger partial charge in [0, 0.05) is 4.88 Å². The fourth-order valence-corrected chi connectivity index (χ4v) is 3.23. The number of benzene rings is 1. The first-order chi connectivity index (χ1) is 8.52. The molecular formula is C15H20N2S. The van der Waals surface area contributed by atoms with E-state index in [4.69, 9.17) is 0 Å². The van der Waals surface area contributed by atoms with Gasteiger partial charge in [0.15, 0.2) is 0 Å². The molecule has 1 atom stereocenters. The Balaban J connectivity index is 2.45. The average Bonchev–Trinajstić information content (AvgIpc) is 2.63. The molecule has 0 aliphatic heterocycles. The van der Waals surface area contributed by atoms with Crippen LogP contribution in [0, 0.1) is 27.7 Å². The molecule has 0 saturated carbocycles. The third kappa shape index (κ3) is 2.47. The second-order valence-corrected chi connectivity index (χ2v) is 6.01. The molecule has 1 heterocycles. The van der Waals surface area contributed by atoms with Crippen LogP contribution in [-0.2, 0) is 0 Å². The fraction of sp³-hybridized carbons (Fsp3) is 0.400. The van der Waals surface area contributed by atoms with Gasteiger partial charge in [0.1, 0.15) is 5.01 Å². The summed E-state index contributed by atoms with van der Waals surface area (Å²) in [6, 6.07) is 6.80. The van der Waals surface area contributed by atoms with Crippen LogP contribution in [0.5, 0.6) is 0 Å². The Kier molecular flexibility index (Phi) is 3.83. The lowest BCUT2D eigenvalue weighted by atomic mass is 10.00. The van der Waals surface area contributed by atoms with Crippen LogP contribution in [0.25, 0.3) is 0 Å². The predicted molar refractivity (Wildman–Crippen MR) is 78.4 cm³/mol. The molecule has 0 saturated heterocycles. The summed E-state index contributed by atoms with van der Waals surface area (Å²) in [7, 11) is 2.00. The maximum atomic E-state index is 4.68. The molecule has 0 aliphatic rings. The molecule has 3 heteroatoms. The van der Waals surface area contributed by atoms with Crippen molar-refractivity contribution in [3.63, 3.8) is 0 Å². The Bertz CT molecular complexity index is 538. The molecule has 0 bridgehead atoms. The van der Waals surface area contributed by atoms with Gasteiger partial charge in [-0.25, -0.2) is 4.98 Å². The smallest absolute Gasteiger partial charge is 0.115 e. The summed E-state index contributed by atoms with van der Waals surface area (Å²) in [5, 5.41) is 4.54. The van der Waals surface area contributed by atoms with Crippen molar-refractivity contribution >= 4 is 11.3 Å². The summed E-state index contributed by atoms with van der Waals surface area (Å²) in [6.45, 7) is 8.50. The maximum Gasteiger partial charge on any atom is 0.115 e. The van der Waals surface area contributed by atoms with Crippen LogP contribution < -0.4 is 5.32 Å². The van der Waals surface area contributed by atoms with E-state index in [-0.39, 0.29) is 6.04 Å². The summed E-state index contributed by atoms with van der Waals surface area (Å²) in [5.74, 6) is 0. The lowest BCUT2D eigenvalue weighted by Crippen LogP contribution is -2.18. The van der Waals surface area contributed by atoms with Gasteiger partial charge in [-0.15, -0.1) is 11.3 Å². The van der Waals surface area contributed by atoms with Crippen LogP contribution in [0.1, 0.15) is 38.3 Å². The van der Waals surface area contributed by atoms with Crippen LogP contribution in [0.4, 0.5) is 0 Å². The van der Waals surface area contributed by atoms with Crippen molar-refractivity contribution < 1.29 is 0 Å². The standard InChI is InChI=1S/C15H20N2S/c1-9-6-7-13(10(2)8-9)14(16-5)15-17-11(3)12(4)18-15/h6-8,14,16H,1-5H3. The molecule has 0 fully saturated rings. The van der Waals surface area contributed by atoms with E-state index in [1.807, 2.05) is 7.05 Å². The van der Waals surface area contributed by atoms with Crippen molar-refractivity contribution in [2.75, 3.05) is 7.05 Å². The number of aryl methyl sites for hydroxylation is 4. The number of rotatable bonds is 3. The molecule has 1 aromatic carbocycles. The number of hydrogen-bond donors (Lipinski definition) is 1. The highest BCUT2D eigenvalue weighted by molar-refractivity contribution is 7.11. The predicted octanol–water partition coefficient (Wildman–Crippen LogP) is 3.69. The first-order valence-electron chi connectivity index (χ1n) is 6.21. The molecule has 2 nitrogen and oxygen atoms in total. The fourth-order valence-electron chi connectivity index (χ4n) is 2.18. The second-order valence-electron chi connectivity index (χ2n) is 4.78. The van der Waals surface area contributed by atoms with E-state index in [1.54, 1.807) is 11.3 Å². The van der Waals surface area contributed by atoms with E-state index < -0.39 is 0 Å². The van der Waals surface area contributed by atoms with Crippen molar-refractivity contribution in [1.82, 2.24) is 10.3 Å². The lowest BCUT2D eigenvalue weighted by Gasteiger charge is -2.17. The number of nitrogens with zero attached hydrogens (tertiary/aromatic N) is 1. The van der Waals surface area contributed by atoms with Crippen LogP contribution in [0.3, 0.4) is 0 Å². The topological polar surface area (TPSA) is 24.9 Å². The van der Waals surface area contributed by atoms with Crippen LogP contribution in [0.15, 0.2) is 18.2 Å². The zero-order valence-electron chi connectivity index (χ0n) is 11.7. The Morgan fingerprint density at radius 3 is 2.39 bits per heavy atom. The van der Waals surface area contributed by atoms with E-state index >= 15 is 0 Å². The quantitative estimate of drug-likeness (QED) is 0.910. The van der Waals surface area contributed by atoms with E-state index in [0.717, 1.165) is 10.7 Å². The van der Waals surface area contributed by atoms with Crippen molar-refractivity contribution in [3.05, 3.63) is 50.5 Å². The van der Waals surface area contributed by atoms with Gasteiger partial charge in [0.05, 0.1) is 11.7 Å². The van der Waals surface area contributed by atoms with Gasteiger partial charge in [0.25, 0.3) is 0 Å². The number of thiazole rings is 1. The molecule has 0 spiro atoms. The molecule has 1 N–H and O–H groups in total. The highest BCUT2D eigenvalue weighted by Crippen LogP contribution is 2.29. The third-order valence-corrected chi connectivity index (χ3v) is 4.45. The molecule has 2 aromatic rings. The first-order valence-corrected chi connectivity index (χ1v) is 7.03. The third-order valence-electron chi connectivity index (χ3n) is 3.32. The van der Waals surface area contributed by atoms with Crippen LogP contribution in [0.2, 0.25) is 0 Å². The van der Waals surface area contributed by atoms with E-state index in [1.165, 1.54) is 21.6 Å². The molecule has 0 amide bonds. The molecule has 96 valence electrons. The Hall–Kier alpha value is -1.19. The van der Waals surface area contributed by atoms with Gasteiger partial charge < -0.3 is 5.32 Å². The van der Waals surface area contributed by atoms with Crippen LogP contribution in [-0.4, -0.2) is 12.0 Å². The van der Waals surface area contributed by atoms with Gasteiger partial charge in [-0.1, -0.05) is 23.8 Å². The van der Waals surface area contributed by atoms with Crippen molar-refractivity contribution in [1.29, 1.82) is 0 Å². The number of hydrogen-bond acceptors (Lipinski definition) is 3. The number of nitrogens with one attached hydrogen (secondary N) is 1. The monoisotopic (exact) mass is 260 g/mol. The lowest BCUT2D eigenvalue weighted by molar-refractivity contribution is 0.680. The van der Waals surface area contributed by atoms with Crippen LogP contribution >= 0.6 is 11.3 Å². The van der Waals surface area contributed by atoms with E-state index in [9.17, 15) is 0 Å². The molecular weight excluding hydrogens is 240 g/mol. The Labute approximate surface area is 113 Å². The van der Waals surface area contributed by atoms with Crippen molar-refractivity contribution in [2.24, 2.45) is 0 Å². The Morgan fingerprint density at radius 1 is 1.17 bits per heavy atom. The maximum absolute atomic E-state index is 4.68. The molecule has 18 heavy (non-hydrogen) atoms. The van der Waals surface area contributed by atoms with Crippen molar-refractivity contribution in [2.45, 2.75) is 33.7 Å². The largest absolute Gasteiger partial charge is 0.307 e. The van der Waals surface area contributed by atoms with Gasteiger partial charge in [0.2, 0.25) is 0 Å². The summed E-state index contributed by atoms with van der Waals surface area (Å²) >= 11 is 1.78. The average molecular weight is 260 g/mol. The minimum absolute atomic E-state index is 0.197. The molecule has 0 radical (unpaired) electrons. The summed E-state index contributed by atoms with van der Waals surface area (Å²) in [4.78, 5) is 5.98. The molecule has 2 rings (SSSR count). The van der Waals surface area contributed by atoms with E-state index in [0.29, 0.717) is 0 Å². The first kappa shape index (κ1) is 13.2. The molecule has 1 aromatic heterocycles. The Morgan fingerprint density at radius 2 is 1.89 bits per heavy atom. The molecule has 1 unspecified atom stereocenters. The van der Waals surface area contributed by atoms with Crippen molar-refractivity contribution in [3.8, 4) is 0 Å². The summed E-state index contributed by atoms with van der Waals surface area (Å²) in [6.07, 6.45) is 0. The SMILES string of the molecule is CNC(c1nc(C)c(C)s1)c1ccc(C)cc1C. The minimum atomic E-state index is 0.197. The van der Waals surface area contributed by atoms with Gasteiger partial charge in [-0.2, -0.15) is 0 Å². The zero-order valence-corrected chi connectivity index (χ0v) is 12.5. The second kappa shape index (κ2) is 5.21. The zero-order chi connectivity index (χ0) is 13.3. The normalized spacial score (nSPS) is 12.7. The van der Waals surface area contributed by atoms with Gasteiger partial charge in [-0.3, -0.25) is 0 Å². The highest BCUT2D eigenvalue weighted by Gasteiger charge is 2.18. The van der Waals surface area contributed by atoms with E-state index in [2.05, 4.69) is 56.2 Å². The summed E-state index contributed by atoms with van der Waals surface area (Å²) < 4.78 is 0. The summed E-state index contributed by atoms with van der Waals surface area (Å²) in [5.41, 5.74) is 5.08. The van der Waals surface area contributed by atoms with Gasteiger partial charge >= 0.3 is 0 Å². The number of aromatic nitrogens is 1. The minimum Gasteiger partial charge on any atom is -0.307 e.